The van der Waals surface area contributed by atoms with Crippen molar-refractivity contribution in [1.82, 2.24) is 15.3 Å². The molecule has 1 aromatic heterocycles. The smallest absolute Gasteiger partial charge is 0.325 e. The predicted octanol–water partition coefficient (Wildman–Crippen LogP) is 2.09. The van der Waals surface area contributed by atoms with E-state index in [0.717, 1.165) is 24.3 Å². The van der Waals surface area contributed by atoms with E-state index >= 15 is 0 Å². The van der Waals surface area contributed by atoms with Gasteiger partial charge in [-0.25, -0.2) is 9.97 Å². The van der Waals surface area contributed by atoms with Gasteiger partial charge in [-0.3, -0.25) is 4.79 Å². The molecule has 0 aliphatic carbocycles. The number of fused-ring (bicyclic) bond motifs is 1. The molecule has 7 heteroatoms. The highest BCUT2D eigenvalue weighted by atomic mass is 16.5. The minimum Gasteiger partial charge on any atom is -0.490 e. The predicted molar refractivity (Wildman–Crippen MR) is 103 cm³/mol. The van der Waals surface area contributed by atoms with Crippen molar-refractivity contribution in [2.24, 2.45) is 0 Å². The highest BCUT2D eigenvalue weighted by Gasteiger charge is 2.18. The number of carbonyl (C=O) groups is 1. The van der Waals surface area contributed by atoms with Crippen LogP contribution in [0.2, 0.25) is 0 Å². The molecule has 0 saturated heterocycles. The van der Waals surface area contributed by atoms with Gasteiger partial charge in [0.15, 0.2) is 0 Å². The molecular weight excluding hydrogens is 344 g/mol. The molecule has 1 atom stereocenters. The van der Waals surface area contributed by atoms with Crippen molar-refractivity contribution in [2.75, 3.05) is 25.1 Å². The van der Waals surface area contributed by atoms with Crippen LogP contribution in [0.1, 0.15) is 30.5 Å². The molecule has 2 heterocycles. The normalized spacial score (nSPS) is 15.1. The van der Waals surface area contributed by atoms with Crippen molar-refractivity contribution in [2.45, 2.75) is 39.5 Å². The first-order valence-electron chi connectivity index (χ1n) is 9.22. The van der Waals surface area contributed by atoms with E-state index < -0.39 is 0 Å². The number of nitrogens with zero attached hydrogens (tertiary/aromatic N) is 3. The maximum atomic E-state index is 11.5. The van der Waals surface area contributed by atoms with Gasteiger partial charge in [0.2, 0.25) is 5.95 Å². The molecule has 1 aromatic carbocycles. The van der Waals surface area contributed by atoms with Gasteiger partial charge in [-0.1, -0.05) is 12.1 Å². The number of ether oxygens (including phenoxy) is 2. The van der Waals surface area contributed by atoms with E-state index in [4.69, 9.17) is 9.47 Å². The third-order valence-electron chi connectivity index (χ3n) is 4.32. The zero-order chi connectivity index (χ0) is 19.2. The van der Waals surface area contributed by atoms with E-state index in [1.54, 1.807) is 31.3 Å². The average Bonchev–Trinajstić information content (AvgIpc) is 3.01. The Kier molecular flexibility index (Phi) is 6.24. The summed E-state index contributed by atoms with van der Waals surface area (Å²) in [6.07, 6.45) is 4.78. The lowest BCUT2D eigenvalue weighted by Gasteiger charge is -2.15. The fourth-order valence-corrected chi connectivity index (χ4v) is 3.04. The second-order valence-electron chi connectivity index (χ2n) is 6.73. The van der Waals surface area contributed by atoms with Crippen LogP contribution in [0.5, 0.6) is 5.75 Å². The number of benzene rings is 1. The van der Waals surface area contributed by atoms with Gasteiger partial charge in [0.25, 0.3) is 0 Å². The van der Waals surface area contributed by atoms with E-state index in [1.165, 1.54) is 11.1 Å². The van der Waals surface area contributed by atoms with Gasteiger partial charge in [0.05, 0.1) is 6.61 Å². The molecule has 3 rings (SSSR count). The number of hydrogen-bond donors (Lipinski definition) is 1. The highest BCUT2D eigenvalue weighted by Crippen LogP contribution is 2.29. The Labute approximate surface area is 159 Å². The van der Waals surface area contributed by atoms with E-state index in [2.05, 4.69) is 34.3 Å². The molecule has 0 saturated carbocycles. The third kappa shape index (κ3) is 5.17. The highest BCUT2D eigenvalue weighted by molar-refractivity contribution is 5.74. The standard InChI is InChI=1S/C20H26N4O3/c1-4-26-19(25)13-24(3)20-22-11-16(12-23-20)10-21-9-15-5-6-18-17(8-15)7-14(2)27-18/h5-6,8,11-12,14,21H,4,7,9-10,13H2,1-3H3. The van der Waals surface area contributed by atoms with Crippen molar-refractivity contribution in [3.8, 4) is 5.75 Å². The number of esters is 1. The van der Waals surface area contributed by atoms with E-state index in [1.807, 2.05) is 6.07 Å². The molecule has 144 valence electrons. The van der Waals surface area contributed by atoms with Gasteiger partial charge in [-0.05, 0) is 31.0 Å². The number of aromatic nitrogens is 2. The summed E-state index contributed by atoms with van der Waals surface area (Å²) in [5.74, 6) is 1.21. The Morgan fingerprint density at radius 2 is 2.04 bits per heavy atom. The van der Waals surface area contributed by atoms with Crippen molar-refractivity contribution in [1.29, 1.82) is 0 Å². The molecule has 0 bridgehead atoms. The lowest BCUT2D eigenvalue weighted by Crippen LogP contribution is -2.28. The quantitative estimate of drug-likeness (QED) is 0.713. The van der Waals surface area contributed by atoms with Gasteiger partial charge < -0.3 is 19.7 Å². The number of rotatable bonds is 8. The SMILES string of the molecule is CCOC(=O)CN(C)c1ncc(CNCc2ccc3c(c2)CC(C)O3)cn1. The van der Waals surface area contributed by atoms with E-state index in [0.29, 0.717) is 19.1 Å². The maximum Gasteiger partial charge on any atom is 0.325 e. The molecule has 1 aliphatic rings. The molecule has 0 fully saturated rings. The number of carbonyl (C=O) groups excluding carboxylic acids is 1. The Hall–Kier alpha value is -2.67. The van der Waals surface area contributed by atoms with Crippen molar-refractivity contribution < 1.29 is 14.3 Å². The Bertz CT molecular complexity index is 779. The molecule has 1 aliphatic heterocycles. The zero-order valence-electron chi connectivity index (χ0n) is 16.1. The van der Waals surface area contributed by atoms with Gasteiger partial charge in [0, 0.05) is 44.5 Å². The van der Waals surface area contributed by atoms with Crippen LogP contribution in [0, 0.1) is 0 Å². The molecule has 0 radical (unpaired) electrons. The molecule has 2 aromatic rings. The summed E-state index contributed by atoms with van der Waals surface area (Å²) in [6, 6.07) is 6.34. The van der Waals surface area contributed by atoms with Gasteiger partial charge >= 0.3 is 5.97 Å². The van der Waals surface area contributed by atoms with Gasteiger partial charge in [-0.2, -0.15) is 0 Å². The summed E-state index contributed by atoms with van der Waals surface area (Å²) >= 11 is 0. The first-order valence-corrected chi connectivity index (χ1v) is 9.22. The van der Waals surface area contributed by atoms with Crippen LogP contribution in [0.3, 0.4) is 0 Å². The number of hydrogen-bond acceptors (Lipinski definition) is 7. The molecule has 0 amide bonds. The average molecular weight is 370 g/mol. The Balaban J connectivity index is 1.48. The van der Waals surface area contributed by atoms with Gasteiger partial charge in [-0.15, -0.1) is 0 Å². The van der Waals surface area contributed by atoms with Crippen LogP contribution < -0.4 is 15.0 Å². The Morgan fingerprint density at radius 3 is 2.78 bits per heavy atom. The number of likely N-dealkylation sites (N-methyl/N-ethyl adjacent to an activating group) is 1. The van der Waals surface area contributed by atoms with Crippen LogP contribution >= 0.6 is 0 Å². The van der Waals surface area contributed by atoms with Crippen molar-refractivity contribution in [3.05, 3.63) is 47.3 Å². The van der Waals surface area contributed by atoms with Gasteiger partial charge in [0.1, 0.15) is 18.4 Å². The van der Waals surface area contributed by atoms with Crippen LogP contribution in [0.15, 0.2) is 30.6 Å². The second kappa shape index (κ2) is 8.81. The van der Waals surface area contributed by atoms with E-state index in [9.17, 15) is 4.79 Å². The number of anilines is 1. The lowest BCUT2D eigenvalue weighted by molar-refractivity contribution is -0.141. The summed E-state index contributed by atoms with van der Waals surface area (Å²) in [4.78, 5) is 21.8. The van der Waals surface area contributed by atoms with Crippen LogP contribution in [-0.4, -0.2) is 42.2 Å². The fraction of sp³-hybridized carbons (Fsp3) is 0.450. The molecule has 0 spiro atoms. The minimum atomic E-state index is -0.288. The summed E-state index contributed by atoms with van der Waals surface area (Å²) in [7, 11) is 1.77. The summed E-state index contributed by atoms with van der Waals surface area (Å²) in [5, 5.41) is 3.41. The topological polar surface area (TPSA) is 76.6 Å². The first kappa shape index (κ1) is 19.1. The monoisotopic (exact) mass is 370 g/mol. The molecule has 7 nitrogen and oxygen atoms in total. The lowest BCUT2D eigenvalue weighted by atomic mass is 10.1. The second-order valence-corrected chi connectivity index (χ2v) is 6.73. The van der Waals surface area contributed by atoms with Crippen LogP contribution in [-0.2, 0) is 29.0 Å². The Morgan fingerprint density at radius 1 is 1.30 bits per heavy atom. The van der Waals surface area contributed by atoms with E-state index in [-0.39, 0.29) is 18.6 Å². The summed E-state index contributed by atoms with van der Waals surface area (Å²) in [5.41, 5.74) is 3.50. The third-order valence-corrected chi connectivity index (χ3v) is 4.32. The van der Waals surface area contributed by atoms with Crippen molar-refractivity contribution in [3.63, 3.8) is 0 Å². The largest absolute Gasteiger partial charge is 0.490 e. The van der Waals surface area contributed by atoms with Crippen LogP contribution in [0.25, 0.3) is 0 Å². The molecule has 1 N–H and O–H groups in total. The van der Waals surface area contributed by atoms with Crippen LogP contribution in [0.4, 0.5) is 5.95 Å². The molecule has 27 heavy (non-hydrogen) atoms. The minimum absolute atomic E-state index is 0.131. The zero-order valence-corrected chi connectivity index (χ0v) is 16.1. The maximum absolute atomic E-state index is 11.5. The molecule has 1 unspecified atom stereocenters. The molecular formula is C20H26N4O3. The fourth-order valence-electron chi connectivity index (χ4n) is 3.04. The number of nitrogens with one attached hydrogen (secondary N) is 1. The van der Waals surface area contributed by atoms with Crippen molar-refractivity contribution >= 4 is 11.9 Å². The first-order chi connectivity index (χ1) is 13.0. The summed E-state index contributed by atoms with van der Waals surface area (Å²) in [6.45, 7) is 5.82. The summed E-state index contributed by atoms with van der Waals surface area (Å²) < 4.78 is 10.7.